The molecule has 8 nitrogen and oxygen atoms in total. The standard InChI is InChI=1S/C34H30F4O8/c1-2-4-19-10-26(32(43)18-46-33-7-6-21(35)14-27(33)38)34(16-29(19)40)44-8-3-5-20-9-25(30(41)15-28(20)39)31(42)17-45-24-12-22(36)11-23(37)13-24/h6-7,9-16,39-41H,2-5,8,17-18H2,1H3. The highest BCUT2D eigenvalue weighted by Crippen LogP contribution is 2.32. The van der Waals surface area contributed by atoms with Crippen LogP contribution in [0.15, 0.2) is 60.7 Å². The van der Waals surface area contributed by atoms with E-state index in [4.69, 9.17) is 14.2 Å². The van der Waals surface area contributed by atoms with Crippen molar-refractivity contribution < 1.29 is 56.7 Å². The number of benzene rings is 4. The highest BCUT2D eigenvalue weighted by atomic mass is 19.1. The Balaban J connectivity index is 1.42. The highest BCUT2D eigenvalue weighted by molar-refractivity contribution is 6.00. The van der Waals surface area contributed by atoms with Crippen LogP contribution in [-0.2, 0) is 12.8 Å². The molecule has 4 aromatic carbocycles. The van der Waals surface area contributed by atoms with Crippen LogP contribution in [0.3, 0.4) is 0 Å². The third-order valence-corrected chi connectivity index (χ3v) is 6.80. The molecule has 0 unspecified atom stereocenters. The molecule has 0 bridgehead atoms. The Bertz CT molecular complexity index is 1720. The van der Waals surface area contributed by atoms with Crippen molar-refractivity contribution >= 4 is 11.6 Å². The van der Waals surface area contributed by atoms with Gasteiger partial charge in [0.2, 0.25) is 11.6 Å². The van der Waals surface area contributed by atoms with Crippen molar-refractivity contribution in [3.63, 3.8) is 0 Å². The Kier molecular flexibility index (Phi) is 11.1. The van der Waals surface area contributed by atoms with Gasteiger partial charge in [0.25, 0.3) is 0 Å². The molecule has 0 saturated carbocycles. The number of hydrogen-bond donors (Lipinski definition) is 3. The van der Waals surface area contributed by atoms with Crippen LogP contribution in [0, 0.1) is 23.3 Å². The molecule has 0 aromatic heterocycles. The van der Waals surface area contributed by atoms with E-state index >= 15 is 0 Å². The summed E-state index contributed by atoms with van der Waals surface area (Å²) >= 11 is 0. The van der Waals surface area contributed by atoms with Crippen LogP contribution in [-0.4, -0.2) is 46.7 Å². The largest absolute Gasteiger partial charge is 0.508 e. The van der Waals surface area contributed by atoms with Crippen molar-refractivity contribution in [3.8, 4) is 34.5 Å². The zero-order chi connectivity index (χ0) is 33.4. The molecule has 0 radical (unpaired) electrons. The number of phenols is 3. The van der Waals surface area contributed by atoms with Gasteiger partial charge in [-0.3, -0.25) is 9.59 Å². The van der Waals surface area contributed by atoms with Crippen molar-refractivity contribution in [1.82, 2.24) is 0 Å². The normalized spacial score (nSPS) is 10.9. The molecule has 3 N–H and O–H groups in total. The van der Waals surface area contributed by atoms with Gasteiger partial charge in [0.05, 0.1) is 17.7 Å². The van der Waals surface area contributed by atoms with Crippen molar-refractivity contribution in [2.24, 2.45) is 0 Å². The van der Waals surface area contributed by atoms with E-state index in [0.717, 1.165) is 30.3 Å². The van der Waals surface area contributed by atoms with Gasteiger partial charge in [-0.05, 0) is 54.7 Å². The molecule has 0 aliphatic carbocycles. The average Bonchev–Trinajstić information content (AvgIpc) is 2.99. The van der Waals surface area contributed by atoms with E-state index in [-0.39, 0.29) is 64.9 Å². The van der Waals surface area contributed by atoms with Crippen LogP contribution < -0.4 is 14.2 Å². The fraction of sp³-hybridized carbons (Fsp3) is 0.235. The van der Waals surface area contributed by atoms with Crippen LogP contribution in [0.5, 0.6) is 34.5 Å². The maximum absolute atomic E-state index is 14.0. The predicted octanol–water partition coefficient (Wildman–Crippen LogP) is 6.85. The maximum atomic E-state index is 14.0. The summed E-state index contributed by atoms with van der Waals surface area (Å²) in [7, 11) is 0. The van der Waals surface area contributed by atoms with Crippen molar-refractivity contribution in [2.75, 3.05) is 19.8 Å². The first-order valence-electron chi connectivity index (χ1n) is 14.2. The van der Waals surface area contributed by atoms with Gasteiger partial charge in [-0.1, -0.05) is 13.3 Å². The predicted molar refractivity (Wildman–Crippen MR) is 158 cm³/mol. The number of carbonyl (C=O) groups excluding carboxylic acids is 2. The summed E-state index contributed by atoms with van der Waals surface area (Å²) in [4.78, 5) is 25.8. The number of ether oxygens (including phenoxy) is 3. The number of carbonyl (C=O) groups is 2. The zero-order valence-electron chi connectivity index (χ0n) is 24.6. The minimum absolute atomic E-state index is 0.0157. The minimum Gasteiger partial charge on any atom is -0.508 e. The molecular formula is C34H30F4O8. The summed E-state index contributed by atoms with van der Waals surface area (Å²) < 4.78 is 70.2. The van der Waals surface area contributed by atoms with Crippen LogP contribution in [0.4, 0.5) is 17.6 Å². The number of phenolic OH excluding ortho intramolecular Hbond substituents is 3. The fourth-order valence-corrected chi connectivity index (χ4v) is 4.56. The van der Waals surface area contributed by atoms with Crippen molar-refractivity contribution in [2.45, 2.75) is 32.6 Å². The number of hydrogen-bond acceptors (Lipinski definition) is 8. The van der Waals surface area contributed by atoms with Crippen LogP contribution in [0.1, 0.15) is 51.6 Å². The number of halogens is 4. The molecule has 0 amide bonds. The van der Waals surface area contributed by atoms with Crippen LogP contribution >= 0.6 is 0 Å². The summed E-state index contributed by atoms with van der Waals surface area (Å²) in [5.74, 6) is -6.28. The molecule has 0 heterocycles. The fourth-order valence-electron chi connectivity index (χ4n) is 4.56. The number of Topliss-reactive ketones (excluding diaryl/α,β-unsaturated/α-hetero) is 2. The number of aryl methyl sites for hydroxylation is 2. The molecule has 0 aliphatic rings. The molecular weight excluding hydrogens is 612 g/mol. The van der Waals surface area contributed by atoms with Gasteiger partial charge in [-0.15, -0.1) is 0 Å². The highest BCUT2D eigenvalue weighted by Gasteiger charge is 2.20. The Hall–Kier alpha value is -5.26. The molecule has 4 aromatic rings. The maximum Gasteiger partial charge on any atom is 0.203 e. The van der Waals surface area contributed by atoms with Gasteiger partial charge in [0, 0.05) is 36.4 Å². The van der Waals surface area contributed by atoms with E-state index in [9.17, 15) is 42.5 Å². The van der Waals surface area contributed by atoms with E-state index in [0.29, 0.717) is 30.5 Å². The van der Waals surface area contributed by atoms with Crippen LogP contribution in [0.25, 0.3) is 0 Å². The second-order valence-corrected chi connectivity index (χ2v) is 10.3. The van der Waals surface area contributed by atoms with E-state index in [1.54, 1.807) is 0 Å². The first-order valence-corrected chi connectivity index (χ1v) is 14.2. The second kappa shape index (κ2) is 15.2. The van der Waals surface area contributed by atoms with E-state index in [1.807, 2.05) is 6.92 Å². The summed E-state index contributed by atoms with van der Waals surface area (Å²) in [6.07, 6.45) is 1.53. The first-order chi connectivity index (χ1) is 21.9. The number of ketones is 2. The van der Waals surface area contributed by atoms with Gasteiger partial charge in [-0.2, -0.15) is 0 Å². The Morgan fingerprint density at radius 2 is 1.26 bits per heavy atom. The van der Waals surface area contributed by atoms with Crippen LogP contribution in [0.2, 0.25) is 0 Å². The Morgan fingerprint density at radius 3 is 1.96 bits per heavy atom. The lowest BCUT2D eigenvalue weighted by Crippen LogP contribution is -2.15. The minimum atomic E-state index is -0.974. The van der Waals surface area contributed by atoms with Crippen molar-refractivity contribution in [1.29, 1.82) is 0 Å². The summed E-state index contributed by atoms with van der Waals surface area (Å²) in [5, 5.41) is 31.0. The molecule has 0 fully saturated rings. The molecule has 12 heteroatoms. The molecule has 4 rings (SSSR count). The quantitative estimate of drug-likeness (QED) is 0.0732. The molecule has 0 atom stereocenters. The van der Waals surface area contributed by atoms with E-state index in [1.165, 1.54) is 18.2 Å². The summed E-state index contributed by atoms with van der Waals surface area (Å²) in [6.45, 7) is 0.640. The third-order valence-electron chi connectivity index (χ3n) is 6.80. The lowest BCUT2D eigenvalue weighted by atomic mass is 10.0. The van der Waals surface area contributed by atoms with E-state index in [2.05, 4.69) is 0 Å². The zero-order valence-corrected chi connectivity index (χ0v) is 24.6. The lowest BCUT2D eigenvalue weighted by molar-refractivity contribution is 0.0909. The summed E-state index contributed by atoms with van der Waals surface area (Å²) in [6, 6.07) is 10.1. The molecule has 46 heavy (non-hydrogen) atoms. The Morgan fingerprint density at radius 1 is 0.630 bits per heavy atom. The first kappa shape index (κ1) is 33.6. The van der Waals surface area contributed by atoms with Gasteiger partial charge >= 0.3 is 0 Å². The molecule has 242 valence electrons. The molecule has 0 spiro atoms. The molecule has 0 saturated heterocycles. The average molecular weight is 643 g/mol. The number of aromatic hydroxyl groups is 3. The van der Waals surface area contributed by atoms with Crippen molar-refractivity contribution in [3.05, 3.63) is 106 Å². The van der Waals surface area contributed by atoms with Gasteiger partial charge in [0.15, 0.2) is 24.8 Å². The SMILES string of the molecule is CCCc1cc(C(=O)COc2ccc(F)cc2F)c(OCCCc2cc(C(=O)COc3cc(F)cc(F)c3)c(O)cc2O)cc1O. The topological polar surface area (TPSA) is 123 Å². The van der Waals surface area contributed by atoms with Gasteiger partial charge in [-0.25, -0.2) is 17.6 Å². The number of rotatable bonds is 15. The lowest BCUT2D eigenvalue weighted by Gasteiger charge is -2.15. The molecule has 0 aliphatic heterocycles. The van der Waals surface area contributed by atoms with E-state index < -0.39 is 53.8 Å². The second-order valence-electron chi connectivity index (χ2n) is 10.3. The smallest absolute Gasteiger partial charge is 0.203 e. The monoisotopic (exact) mass is 642 g/mol. The third kappa shape index (κ3) is 8.68. The Labute approximate surface area is 261 Å². The van der Waals surface area contributed by atoms with Gasteiger partial charge < -0.3 is 29.5 Å². The summed E-state index contributed by atoms with van der Waals surface area (Å²) in [5.41, 5.74) is 0.646. The van der Waals surface area contributed by atoms with Gasteiger partial charge in [0.1, 0.15) is 46.2 Å².